The zero-order valence-electron chi connectivity index (χ0n) is 20.0. The van der Waals surface area contributed by atoms with E-state index in [9.17, 15) is 22.8 Å². The van der Waals surface area contributed by atoms with Gasteiger partial charge in [-0.1, -0.05) is 72.8 Å². The fraction of sp³-hybridized carbons (Fsp3) is 0.0667. The standard InChI is InChI=1S/C30H23F3N2O2S/c31-30(32,33)23-13-7-14-24(19-23)35-29(37)28(22-11-5-2-6-12-22)38-26-16-8-15-25(20-26)34-27(36)18-17-21-9-3-1-4-10-21/h1-20,28H,(H,34,36)(H,35,37)/b18-17+. The average molecular weight is 533 g/mol. The van der Waals surface area contributed by atoms with E-state index >= 15 is 0 Å². The number of nitrogens with one attached hydrogen (secondary N) is 2. The second-order valence-corrected chi connectivity index (χ2v) is 9.42. The normalized spacial score (nSPS) is 12.2. The van der Waals surface area contributed by atoms with Gasteiger partial charge >= 0.3 is 6.18 Å². The number of alkyl halides is 3. The van der Waals surface area contributed by atoms with E-state index in [0.717, 1.165) is 17.7 Å². The number of carbonyl (C=O) groups is 2. The minimum Gasteiger partial charge on any atom is -0.325 e. The van der Waals surface area contributed by atoms with Crippen LogP contribution in [0.3, 0.4) is 0 Å². The molecule has 2 amide bonds. The topological polar surface area (TPSA) is 58.2 Å². The zero-order valence-corrected chi connectivity index (χ0v) is 20.8. The van der Waals surface area contributed by atoms with Crippen LogP contribution in [-0.2, 0) is 15.8 Å². The molecule has 1 atom stereocenters. The van der Waals surface area contributed by atoms with E-state index in [4.69, 9.17) is 0 Å². The first-order valence-corrected chi connectivity index (χ1v) is 12.5. The van der Waals surface area contributed by atoms with Gasteiger partial charge in [-0.15, -0.1) is 11.8 Å². The van der Waals surface area contributed by atoms with Gasteiger partial charge in [-0.05, 0) is 53.6 Å². The van der Waals surface area contributed by atoms with E-state index in [1.807, 2.05) is 36.4 Å². The molecule has 0 bridgehead atoms. The Hall–Kier alpha value is -4.30. The van der Waals surface area contributed by atoms with Gasteiger partial charge < -0.3 is 10.6 Å². The van der Waals surface area contributed by atoms with Crippen LogP contribution in [-0.4, -0.2) is 11.8 Å². The summed E-state index contributed by atoms with van der Waals surface area (Å²) in [6, 6.07) is 29.9. The predicted molar refractivity (Wildman–Crippen MR) is 146 cm³/mol. The van der Waals surface area contributed by atoms with Crippen molar-refractivity contribution in [3.05, 3.63) is 132 Å². The number of thioether (sulfide) groups is 1. The Morgan fingerprint density at radius 3 is 2.05 bits per heavy atom. The van der Waals surface area contributed by atoms with Gasteiger partial charge in [0.25, 0.3) is 0 Å². The van der Waals surface area contributed by atoms with Crippen LogP contribution in [0.5, 0.6) is 0 Å². The molecule has 0 heterocycles. The molecule has 0 spiro atoms. The van der Waals surface area contributed by atoms with Gasteiger partial charge in [0.15, 0.2) is 0 Å². The number of rotatable bonds is 8. The van der Waals surface area contributed by atoms with Gasteiger partial charge in [-0.25, -0.2) is 0 Å². The smallest absolute Gasteiger partial charge is 0.325 e. The van der Waals surface area contributed by atoms with Crippen LogP contribution in [0.1, 0.15) is 21.9 Å². The lowest BCUT2D eigenvalue weighted by Crippen LogP contribution is -2.19. The molecule has 38 heavy (non-hydrogen) atoms. The Balaban J connectivity index is 1.50. The number of carbonyl (C=O) groups excluding carboxylic acids is 2. The molecule has 1 unspecified atom stereocenters. The van der Waals surface area contributed by atoms with Crippen molar-refractivity contribution in [2.45, 2.75) is 16.3 Å². The molecule has 4 rings (SSSR count). The van der Waals surface area contributed by atoms with E-state index in [2.05, 4.69) is 10.6 Å². The Labute approximate surface area is 222 Å². The van der Waals surface area contributed by atoms with Crippen molar-refractivity contribution < 1.29 is 22.8 Å². The van der Waals surface area contributed by atoms with Crippen molar-refractivity contribution in [1.29, 1.82) is 0 Å². The van der Waals surface area contributed by atoms with Gasteiger partial charge in [0.1, 0.15) is 5.25 Å². The number of amides is 2. The molecule has 0 aliphatic heterocycles. The maximum Gasteiger partial charge on any atom is 0.416 e. The molecule has 2 N–H and O–H groups in total. The van der Waals surface area contributed by atoms with Crippen molar-refractivity contribution in [3.63, 3.8) is 0 Å². The van der Waals surface area contributed by atoms with Gasteiger partial charge in [0, 0.05) is 22.3 Å². The highest BCUT2D eigenvalue weighted by atomic mass is 32.2. The highest BCUT2D eigenvalue weighted by molar-refractivity contribution is 8.00. The van der Waals surface area contributed by atoms with Gasteiger partial charge in [0.2, 0.25) is 11.8 Å². The number of anilines is 2. The maximum absolute atomic E-state index is 13.3. The van der Waals surface area contributed by atoms with E-state index in [0.29, 0.717) is 16.1 Å². The van der Waals surface area contributed by atoms with Crippen molar-refractivity contribution >= 4 is 41.0 Å². The molecular weight excluding hydrogens is 509 g/mol. The zero-order chi connectivity index (χ0) is 27.0. The molecule has 0 aliphatic rings. The van der Waals surface area contributed by atoms with E-state index in [1.165, 1.54) is 30.0 Å². The summed E-state index contributed by atoms with van der Waals surface area (Å²) in [5, 5.41) is 4.67. The van der Waals surface area contributed by atoms with Crippen LogP contribution in [0.25, 0.3) is 6.08 Å². The quantitative estimate of drug-likeness (QED) is 0.180. The average Bonchev–Trinajstić information content (AvgIpc) is 2.91. The first-order chi connectivity index (χ1) is 18.3. The van der Waals surface area contributed by atoms with Gasteiger partial charge in [0.05, 0.1) is 5.56 Å². The first kappa shape index (κ1) is 26.8. The molecule has 0 radical (unpaired) electrons. The molecule has 0 fully saturated rings. The van der Waals surface area contributed by atoms with Crippen LogP contribution in [0.15, 0.2) is 120 Å². The van der Waals surface area contributed by atoms with Gasteiger partial charge in [-0.3, -0.25) is 9.59 Å². The number of hydrogen-bond donors (Lipinski definition) is 2. The fourth-order valence-corrected chi connectivity index (χ4v) is 4.67. The van der Waals surface area contributed by atoms with Crippen LogP contribution in [0.4, 0.5) is 24.5 Å². The largest absolute Gasteiger partial charge is 0.416 e. The Kier molecular flexibility index (Phi) is 8.66. The summed E-state index contributed by atoms with van der Waals surface area (Å²) >= 11 is 1.23. The maximum atomic E-state index is 13.3. The molecule has 4 aromatic rings. The third kappa shape index (κ3) is 7.60. The van der Waals surface area contributed by atoms with Crippen LogP contribution in [0.2, 0.25) is 0 Å². The number of hydrogen-bond acceptors (Lipinski definition) is 3. The van der Waals surface area contributed by atoms with E-state index in [1.54, 1.807) is 54.6 Å². The lowest BCUT2D eigenvalue weighted by atomic mass is 10.1. The Morgan fingerprint density at radius 2 is 1.37 bits per heavy atom. The highest BCUT2D eigenvalue weighted by Crippen LogP contribution is 2.38. The van der Waals surface area contributed by atoms with Crippen LogP contribution < -0.4 is 10.6 Å². The van der Waals surface area contributed by atoms with E-state index < -0.39 is 22.9 Å². The first-order valence-electron chi connectivity index (χ1n) is 11.6. The summed E-state index contributed by atoms with van der Waals surface area (Å²) in [5.41, 5.74) is 1.33. The van der Waals surface area contributed by atoms with Gasteiger partial charge in [-0.2, -0.15) is 13.2 Å². The summed E-state index contributed by atoms with van der Waals surface area (Å²) < 4.78 is 39.4. The summed E-state index contributed by atoms with van der Waals surface area (Å²) in [4.78, 5) is 26.4. The molecule has 0 aromatic heterocycles. The second kappa shape index (κ2) is 12.3. The Bertz CT molecular complexity index is 1420. The lowest BCUT2D eigenvalue weighted by molar-refractivity contribution is -0.137. The van der Waals surface area contributed by atoms with Crippen LogP contribution >= 0.6 is 11.8 Å². The number of halogens is 3. The third-order valence-corrected chi connectivity index (χ3v) is 6.63. The number of benzene rings is 4. The Morgan fingerprint density at radius 1 is 0.737 bits per heavy atom. The van der Waals surface area contributed by atoms with Crippen molar-refractivity contribution in [2.75, 3.05) is 10.6 Å². The molecule has 0 saturated carbocycles. The predicted octanol–water partition coefficient (Wildman–Crippen LogP) is 7.83. The fourth-order valence-electron chi connectivity index (χ4n) is 3.59. The molecule has 8 heteroatoms. The monoisotopic (exact) mass is 532 g/mol. The lowest BCUT2D eigenvalue weighted by Gasteiger charge is -2.18. The summed E-state index contributed by atoms with van der Waals surface area (Å²) in [6.07, 6.45) is -1.38. The summed E-state index contributed by atoms with van der Waals surface area (Å²) in [7, 11) is 0. The molecule has 4 nitrogen and oxygen atoms in total. The minimum absolute atomic E-state index is 0.0533. The van der Waals surface area contributed by atoms with Crippen molar-refractivity contribution in [2.24, 2.45) is 0 Å². The highest BCUT2D eigenvalue weighted by Gasteiger charge is 2.31. The summed E-state index contributed by atoms with van der Waals surface area (Å²) in [6.45, 7) is 0. The third-order valence-electron chi connectivity index (χ3n) is 5.38. The molecule has 4 aromatic carbocycles. The molecule has 0 aliphatic carbocycles. The van der Waals surface area contributed by atoms with Crippen LogP contribution in [0, 0.1) is 0 Å². The molecule has 192 valence electrons. The summed E-state index contributed by atoms with van der Waals surface area (Å²) in [5.74, 6) is -0.779. The SMILES string of the molecule is O=C(/C=C/c1ccccc1)Nc1cccc(SC(C(=O)Nc2cccc(C(F)(F)F)c2)c2ccccc2)c1. The van der Waals surface area contributed by atoms with Crippen molar-refractivity contribution in [1.82, 2.24) is 0 Å². The van der Waals surface area contributed by atoms with E-state index in [-0.39, 0.29) is 11.6 Å². The molecular formula is C30H23F3N2O2S. The minimum atomic E-state index is -4.52. The molecule has 0 saturated heterocycles. The second-order valence-electron chi connectivity index (χ2n) is 8.24. The van der Waals surface area contributed by atoms with Crippen molar-refractivity contribution in [3.8, 4) is 0 Å².